The van der Waals surface area contributed by atoms with Crippen molar-refractivity contribution in [2.45, 2.75) is 54.0 Å². The van der Waals surface area contributed by atoms with Gasteiger partial charge in [-0.15, -0.1) is 11.3 Å². The molecule has 1 heterocycles. The van der Waals surface area contributed by atoms with Crippen molar-refractivity contribution in [3.05, 3.63) is 20.8 Å². The minimum atomic E-state index is 0.392. The lowest BCUT2D eigenvalue weighted by Crippen LogP contribution is -2.25. The number of hydrogen-bond acceptors (Lipinski definition) is 2. The first kappa shape index (κ1) is 15.3. The lowest BCUT2D eigenvalue weighted by Gasteiger charge is -2.19. The maximum atomic E-state index is 6.27. The van der Waals surface area contributed by atoms with E-state index in [0.717, 1.165) is 10.9 Å². The monoisotopic (exact) mass is 299 g/mol. The molecule has 1 fully saturated rings. The minimum Gasteiger partial charge on any atom is -0.309 e. The Balaban J connectivity index is 2.28. The van der Waals surface area contributed by atoms with E-state index in [2.05, 4.69) is 52.9 Å². The van der Waals surface area contributed by atoms with Crippen LogP contribution < -0.4 is 5.32 Å². The Morgan fingerprint density at radius 3 is 2.26 bits per heavy atom. The SMILES string of the molecule is CCCNC(c1cc(C)c(Cl)s1)C1C(C)(C)C1(C)C. The summed E-state index contributed by atoms with van der Waals surface area (Å²) >= 11 is 8.01. The van der Waals surface area contributed by atoms with Crippen molar-refractivity contribution < 1.29 is 0 Å². The van der Waals surface area contributed by atoms with Crippen molar-refractivity contribution in [3.8, 4) is 0 Å². The molecule has 1 nitrogen and oxygen atoms in total. The molecule has 0 amide bonds. The summed E-state index contributed by atoms with van der Waals surface area (Å²) in [6, 6.07) is 2.71. The van der Waals surface area contributed by atoms with Crippen LogP contribution in [0.4, 0.5) is 0 Å². The summed E-state index contributed by atoms with van der Waals surface area (Å²) < 4.78 is 0.939. The van der Waals surface area contributed by atoms with Gasteiger partial charge in [0.25, 0.3) is 0 Å². The highest BCUT2D eigenvalue weighted by Gasteiger charge is 2.67. The van der Waals surface area contributed by atoms with Crippen molar-refractivity contribution in [2.24, 2.45) is 16.7 Å². The Hall–Kier alpha value is -0.0500. The van der Waals surface area contributed by atoms with Crippen LogP contribution in [0.15, 0.2) is 6.07 Å². The lowest BCUT2D eigenvalue weighted by atomic mass is 10.0. The van der Waals surface area contributed by atoms with Gasteiger partial charge in [0.15, 0.2) is 0 Å². The van der Waals surface area contributed by atoms with E-state index in [0.29, 0.717) is 22.8 Å². The predicted molar refractivity (Wildman–Crippen MR) is 86.2 cm³/mol. The first-order valence-corrected chi connectivity index (χ1v) is 8.42. The van der Waals surface area contributed by atoms with Gasteiger partial charge in [-0.25, -0.2) is 0 Å². The van der Waals surface area contributed by atoms with Crippen LogP contribution in [0.25, 0.3) is 0 Å². The number of aryl methyl sites for hydroxylation is 1. The molecule has 0 bridgehead atoms. The summed E-state index contributed by atoms with van der Waals surface area (Å²) in [7, 11) is 0. The van der Waals surface area contributed by atoms with E-state index < -0.39 is 0 Å². The highest BCUT2D eigenvalue weighted by molar-refractivity contribution is 7.16. The van der Waals surface area contributed by atoms with Crippen molar-refractivity contribution >= 4 is 22.9 Å². The molecule has 0 aromatic carbocycles. The highest BCUT2D eigenvalue weighted by atomic mass is 35.5. The average Bonchev–Trinajstić information content (AvgIpc) is 2.57. The highest BCUT2D eigenvalue weighted by Crippen LogP contribution is 2.72. The Morgan fingerprint density at radius 2 is 1.89 bits per heavy atom. The molecule has 2 rings (SSSR count). The topological polar surface area (TPSA) is 12.0 Å². The maximum Gasteiger partial charge on any atom is 0.0960 e. The Bertz CT molecular complexity index is 428. The normalized spacial score (nSPS) is 22.5. The van der Waals surface area contributed by atoms with Crippen molar-refractivity contribution in [1.82, 2.24) is 5.32 Å². The molecule has 1 unspecified atom stereocenters. The molecule has 1 atom stereocenters. The molecule has 108 valence electrons. The molecule has 3 heteroatoms. The summed E-state index contributed by atoms with van der Waals surface area (Å²) in [5.74, 6) is 0.681. The van der Waals surface area contributed by atoms with Crippen LogP contribution in [-0.4, -0.2) is 6.54 Å². The van der Waals surface area contributed by atoms with Crippen molar-refractivity contribution in [1.29, 1.82) is 0 Å². The van der Waals surface area contributed by atoms with Crippen LogP contribution >= 0.6 is 22.9 Å². The van der Waals surface area contributed by atoms with E-state index in [4.69, 9.17) is 11.6 Å². The quantitative estimate of drug-likeness (QED) is 0.764. The Labute approximate surface area is 126 Å². The average molecular weight is 300 g/mol. The van der Waals surface area contributed by atoms with Gasteiger partial charge in [0.05, 0.1) is 4.34 Å². The second kappa shape index (κ2) is 5.05. The molecule has 0 aliphatic heterocycles. The second-order valence-corrected chi connectivity index (χ2v) is 8.64. The molecule has 0 radical (unpaired) electrons. The molecule has 1 aromatic rings. The summed E-state index contributed by atoms with van der Waals surface area (Å²) in [6.07, 6.45) is 1.17. The molecular formula is C16H26ClNS. The summed E-state index contributed by atoms with van der Waals surface area (Å²) in [4.78, 5) is 1.40. The molecule has 1 aromatic heterocycles. The molecular weight excluding hydrogens is 274 g/mol. The van der Waals surface area contributed by atoms with E-state index in [1.165, 1.54) is 16.9 Å². The Morgan fingerprint density at radius 1 is 1.32 bits per heavy atom. The van der Waals surface area contributed by atoms with E-state index in [1.807, 2.05) is 0 Å². The standard InChI is InChI=1S/C16H26ClNS/c1-7-8-18-12(11-9-10(2)14(17)19-11)13-15(3,4)16(13,5)6/h9,12-13,18H,7-8H2,1-6H3. The molecule has 0 spiro atoms. The number of thiophene rings is 1. The fraction of sp³-hybridized carbons (Fsp3) is 0.750. The minimum absolute atomic E-state index is 0.392. The van der Waals surface area contributed by atoms with Gasteiger partial charge in [-0.1, -0.05) is 46.2 Å². The first-order valence-electron chi connectivity index (χ1n) is 7.22. The van der Waals surface area contributed by atoms with Crippen LogP contribution in [-0.2, 0) is 0 Å². The summed E-state index contributed by atoms with van der Waals surface area (Å²) in [5.41, 5.74) is 1.99. The molecule has 19 heavy (non-hydrogen) atoms. The number of halogens is 1. The van der Waals surface area contributed by atoms with Gasteiger partial charge in [-0.2, -0.15) is 0 Å². The van der Waals surface area contributed by atoms with E-state index in [9.17, 15) is 0 Å². The van der Waals surface area contributed by atoms with Gasteiger partial charge in [-0.3, -0.25) is 0 Å². The molecule has 0 saturated heterocycles. The smallest absolute Gasteiger partial charge is 0.0960 e. The van der Waals surface area contributed by atoms with Crippen LogP contribution in [0, 0.1) is 23.7 Å². The fourth-order valence-electron chi connectivity index (χ4n) is 3.40. The fourth-order valence-corrected chi connectivity index (χ4v) is 4.73. The number of nitrogens with one attached hydrogen (secondary N) is 1. The van der Waals surface area contributed by atoms with E-state index >= 15 is 0 Å². The van der Waals surface area contributed by atoms with Crippen molar-refractivity contribution in [3.63, 3.8) is 0 Å². The second-order valence-electron chi connectivity index (χ2n) is 6.96. The van der Waals surface area contributed by atoms with E-state index in [-0.39, 0.29) is 0 Å². The largest absolute Gasteiger partial charge is 0.309 e. The van der Waals surface area contributed by atoms with Crippen molar-refractivity contribution in [2.75, 3.05) is 6.54 Å². The van der Waals surface area contributed by atoms with Gasteiger partial charge in [-0.05, 0) is 48.3 Å². The van der Waals surface area contributed by atoms with Gasteiger partial charge in [0.2, 0.25) is 0 Å². The van der Waals surface area contributed by atoms with Crippen LogP contribution in [0.2, 0.25) is 4.34 Å². The summed E-state index contributed by atoms with van der Waals surface area (Å²) in [6.45, 7) is 15.0. The zero-order chi connectivity index (χ0) is 14.4. The van der Waals surface area contributed by atoms with Crippen LogP contribution in [0.1, 0.15) is 57.5 Å². The molecule has 1 N–H and O–H groups in total. The van der Waals surface area contributed by atoms with Crippen LogP contribution in [0.5, 0.6) is 0 Å². The van der Waals surface area contributed by atoms with Gasteiger partial charge in [0, 0.05) is 10.9 Å². The molecule has 1 aliphatic carbocycles. The molecule has 1 aliphatic rings. The zero-order valence-corrected chi connectivity index (χ0v) is 14.5. The number of hydrogen-bond donors (Lipinski definition) is 1. The van der Waals surface area contributed by atoms with Gasteiger partial charge in [0.1, 0.15) is 0 Å². The summed E-state index contributed by atoms with van der Waals surface area (Å²) in [5, 5.41) is 3.75. The molecule has 1 saturated carbocycles. The third-order valence-corrected chi connectivity index (χ3v) is 6.90. The third-order valence-electron chi connectivity index (χ3n) is 5.26. The van der Waals surface area contributed by atoms with E-state index in [1.54, 1.807) is 11.3 Å². The van der Waals surface area contributed by atoms with Gasteiger partial charge < -0.3 is 5.32 Å². The Kier molecular flexibility index (Phi) is 4.08. The predicted octanol–water partition coefficient (Wildman–Crippen LogP) is 5.43. The number of rotatable bonds is 5. The third kappa shape index (κ3) is 2.48. The van der Waals surface area contributed by atoms with Crippen LogP contribution in [0.3, 0.4) is 0 Å². The lowest BCUT2D eigenvalue weighted by molar-refractivity contribution is 0.415. The first-order chi connectivity index (χ1) is 8.73. The maximum absolute atomic E-state index is 6.27. The van der Waals surface area contributed by atoms with Gasteiger partial charge >= 0.3 is 0 Å². The zero-order valence-electron chi connectivity index (χ0n) is 12.9.